The Labute approximate surface area is 151 Å². The van der Waals surface area contributed by atoms with Gasteiger partial charge in [-0.05, 0) is 43.4 Å². The fourth-order valence-electron chi connectivity index (χ4n) is 3.50. The monoisotopic (exact) mass is 366 g/mol. The molecule has 2 unspecified atom stereocenters. The van der Waals surface area contributed by atoms with Crippen molar-refractivity contribution in [2.75, 3.05) is 13.1 Å². The Morgan fingerprint density at radius 2 is 1.84 bits per heavy atom. The van der Waals surface area contributed by atoms with Crippen molar-refractivity contribution in [2.45, 2.75) is 64.3 Å². The van der Waals surface area contributed by atoms with Gasteiger partial charge in [0.15, 0.2) is 0 Å². The van der Waals surface area contributed by atoms with E-state index in [1.54, 1.807) is 12.1 Å². The lowest BCUT2D eigenvalue weighted by molar-refractivity contribution is 0.0909. The van der Waals surface area contributed by atoms with Crippen LogP contribution in [0.5, 0.6) is 0 Å². The molecule has 1 fully saturated rings. The summed E-state index contributed by atoms with van der Waals surface area (Å²) in [5.41, 5.74) is 1.24. The second-order valence-electron chi connectivity index (χ2n) is 6.91. The molecule has 0 saturated heterocycles. The van der Waals surface area contributed by atoms with E-state index in [-0.39, 0.29) is 16.8 Å². The summed E-state index contributed by atoms with van der Waals surface area (Å²) >= 11 is 0. The molecule has 0 spiro atoms. The molecule has 2 atom stereocenters. The molecular weight excluding hydrogens is 336 g/mol. The number of hydrogen-bond donors (Lipinski definition) is 1. The lowest BCUT2D eigenvalue weighted by Crippen LogP contribution is -2.41. The van der Waals surface area contributed by atoms with Crippen LogP contribution < -0.4 is 5.32 Å². The SMILES string of the molecule is CCN(CC)S(=O)(=O)c1ccc(C)c(C(=O)NC2CCCCC2C)c1. The van der Waals surface area contributed by atoms with Crippen molar-refractivity contribution in [3.63, 3.8) is 0 Å². The summed E-state index contributed by atoms with van der Waals surface area (Å²) in [6, 6.07) is 4.99. The van der Waals surface area contributed by atoms with Crippen LogP contribution in [0.25, 0.3) is 0 Å². The third kappa shape index (κ3) is 4.42. The van der Waals surface area contributed by atoms with Gasteiger partial charge in [-0.15, -0.1) is 0 Å². The van der Waals surface area contributed by atoms with Crippen molar-refractivity contribution in [1.29, 1.82) is 0 Å². The van der Waals surface area contributed by atoms with Crippen LogP contribution in [0.1, 0.15) is 62.4 Å². The molecule has 1 N–H and O–H groups in total. The number of hydrogen-bond acceptors (Lipinski definition) is 3. The molecule has 1 aromatic rings. The molecule has 1 saturated carbocycles. The zero-order valence-electron chi connectivity index (χ0n) is 15.7. The third-order valence-corrected chi connectivity index (χ3v) is 7.27. The average Bonchev–Trinajstić information content (AvgIpc) is 2.58. The van der Waals surface area contributed by atoms with E-state index >= 15 is 0 Å². The quantitative estimate of drug-likeness (QED) is 0.840. The molecule has 5 nitrogen and oxygen atoms in total. The summed E-state index contributed by atoms with van der Waals surface area (Å²) in [5, 5.41) is 3.11. The Hall–Kier alpha value is -1.40. The lowest BCUT2D eigenvalue weighted by atomic mass is 9.86. The van der Waals surface area contributed by atoms with Crippen LogP contribution >= 0.6 is 0 Å². The highest BCUT2D eigenvalue weighted by Gasteiger charge is 2.26. The first-order chi connectivity index (χ1) is 11.8. The molecular formula is C19H30N2O3S. The van der Waals surface area contributed by atoms with Gasteiger partial charge in [-0.3, -0.25) is 4.79 Å². The number of amides is 1. The normalized spacial score (nSPS) is 21.3. The van der Waals surface area contributed by atoms with Crippen molar-refractivity contribution in [3.05, 3.63) is 29.3 Å². The molecule has 1 amide bonds. The van der Waals surface area contributed by atoms with Gasteiger partial charge in [0.2, 0.25) is 10.0 Å². The van der Waals surface area contributed by atoms with Gasteiger partial charge in [-0.25, -0.2) is 8.42 Å². The number of carbonyl (C=O) groups is 1. The van der Waals surface area contributed by atoms with Gasteiger partial charge < -0.3 is 5.32 Å². The minimum atomic E-state index is -3.56. The number of sulfonamides is 1. The first kappa shape index (κ1) is 19.9. The Morgan fingerprint density at radius 3 is 2.44 bits per heavy atom. The molecule has 0 bridgehead atoms. The van der Waals surface area contributed by atoms with Crippen LogP contribution in [-0.4, -0.2) is 37.8 Å². The summed E-state index contributed by atoms with van der Waals surface area (Å²) in [6.07, 6.45) is 4.46. The number of nitrogens with zero attached hydrogens (tertiary/aromatic N) is 1. The van der Waals surface area contributed by atoms with Crippen LogP contribution in [0.3, 0.4) is 0 Å². The minimum Gasteiger partial charge on any atom is -0.349 e. The van der Waals surface area contributed by atoms with Crippen molar-refractivity contribution in [1.82, 2.24) is 9.62 Å². The molecule has 0 aromatic heterocycles. The highest BCUT2D eigenvalue weighted by atomic mass is 32.2. The summed E-state index contributed by atoms with van der Waals surface area (Å²) < 4.78 is 26.8. The maximum atomic E-state index is 12.7. The van der Waals surface area contributed by atoms with Gasteiger partial charge in [-0.1, -0.05) is 39.7 Å². The average molecular weight is 367 g/mol. The van der Waals surface area contributed by atoms with Crippen LogP contribution in [0.4, 0.5) is 0 Å². The number of rotatable bonds is 6. The van der Waals surface area contributed by atoms with Gasteiger partial charge in [0.1, 0.15) is 0 Å². The first-order valence-electron chi connectivity index (χ1n) is 9.22. The third-order valence-electron chi connectivity index (χ3n) is 5.22. The minimum absolute atomic E-state index is 0.170. The van der Waals surface area contributed by atoms with E-state index in [2.05, 4.69) is 12.2 Å². The summed E-state index contributed by atoms with van der Waals surface area (Å²) in [7, 11) is -3.56. The van der Waals surface area contributed by atoms with Crippen LogP contribution in [0.15, 0.2) is 23.1 Å². The van der Waals surface area contributed by atoms with E-state index in [1.165, 1.54) is 16.8 Å². The largest absolute Gasteiger partial charge is 0.349 e. The maximum Gasteiger partial charge on any atom is 0.251 e. The van der Waals surface area contributed by atoms with E-state index in [0.717, 1.165) is 24.8 Å². The molecule has 6 heteroatoms. The summed E-state index contributed by atoms with van der Waals surface area (Å²) in [6.45, 7) is 8.45. The number of carbonyl (C=O) groups excluding carboxylic acids is 1. The molecule has 1 aromatic carbocycles. The zero-order chi connectivity index (χ0) is 18.6. The maximum absolute atomic E-state index is 12.7. The fourth-order valence-corrected chi connectivity index (χ4v) is 4.98. The molecule has 0 heterocycles. The smallest absolute Gasteiger partial charge is 0.251 e. The zero-order valence-corrected chi connectivity index (χ0v) is 16.5. The van der Waals surface area contributed by atoms with Crippen LogP contribution in [0, 0.1) is 12.8 Å². The predicted molar refractivity (Wildman–Crippen MR) is 100 cm³/mol. The topological polar surface area (TPSA) is 66.5 Å². The lowest BCUT2D eigenvalue weighted by Gasteiger charge is -2.29. The van der Waals surface area contributed by atoms with Gasteiger partial charge in [-0.2, -0.15) is 4.31 Å². The second-order valence-corrected chi connectivity index (χ2v) is 8.85. The van der Waals surface area contributed by atoms with Gasteiger partial charge >= 0.3 is 0 Å². The summed E-state index contributed by atoms with van der Waals surface area (Å²) in [5.74, 6) is 0.286. The highest BCUT2D eigenvalue weighted by Crippen LogP contribution is 2.25. The fraction of sp³-hybridized carbons (Fsp3) is 0.632. The van der Waals surface area contributed by atoms with E-state index in [1.807, 2.05) is 20.8 Å². The number of nitrogens with one attached hydrogen (secondary N) is 1. The number of aryl methyl sites for hydroxylation is 1. The molecule has 25 heavy (non-hydrogen) atoms. The second kappa shape index (κ2) is 8.32. The van der Waals surface area contributed by atoms with Gasteiger partial charge in [0.05, 0.1) is 4.90 Å². The molecule has 0 radical (unpaired) electrons. The Bertz CT molecular complexity index is 711. The molecule has 2 rings (SSSR count). The van der Waals surface area contributed by atoms with E-state index in [0.29, 0.717) is 24.6 Å². The molecule has 140 valence electrons. The Balaban J connectivity index is 2.28. The van der Waals surface area contributed by atoms with Crippen molar-refractivity contribution in [3.8, 4) is 0 Å². The number of benzene rings is 1. The molecule has 1 aliphatic rings. The van der Waals surface area contributed by atoms with Crippen molar-refractivity contribution < 1.29 is 13.2 Å². The predicted octanol–water partition coefficient (Wildman–Crippen LogP) is 3.33. The molecule has 1 aliphatic carbocycles. The van der Waals surface area contributed by atoms with E-state index in [4.69, 9.17) is 0 Å². The van der Waals surface area contributed by atoms with E-state index < -0.39 is 10.0 Å². The van der Waals surface area contributed by atoms with Crippen LogP contribution in [0.2, 0.25) is 0 Å². The molecule has 0 aliphatic heterocycles. The van der Waals surface area contributed by atoms with Gasteiger partial charge in [0.25, 0.3) is 5.91 Å². The van der Waals surface area contributed by atoms with E-state index in [9.17, 15) is 13.2 Å². The standard InChI is InChI=1S/C19H30N2O3S/c1-5-21(6-2)25(23,24)16-12-11-14(3)17(13-16)19(22)20-18-10-8-7-9-15(18)4/h11-13,15,18H,5-10H2,1-4H3,(H,20,22). The first-order valence-corrected chi connectivity index (χ1v) is 10.7. The Kier molecular flexibility index (Phi) is 6.63. The van der Waals surface area contributed by atoms with Crippen molar-refractivity contribution >= 4 is 15.9 Å². The van der Waals surface area contributed by atoms with Crippen molar-refractivity contribution in [2.24, 2.45) is 5.92 Å². The highest BCUT2D eigenvalue weighted by molar-refractivity contribution is 7.89. The Morgan fingerprint density at radius 1 is 1.20 bits per heavy atom. The summed E-state index contributed by atoms with van der Waals surface area (Å²) in [4.78, 5) is 12.9. The van der Waals surface area contributed by atoms with Gasteiger partial charge in [0, 0.05) is 24.7 Å². The van der Waals surface area contributed by atoms with Crippen LogP contribution in [-0.2, 0) is 10.0 Å².